The number of carbonyl (C=O) groups is 1. The van der Waals surface area contributed by atoms with Gasteiger partial charge in [0.15, 0.2) is 0 Å². The van der Waals surface area contributed by atoms with E-state index in [2.05, 4.69) is 23.0 Å². The summed E-state index contributed by atoms with van der Waals surface area (Å²) in [4.78, 5) is 14.1. The minimum absolute atomic E-state index is 0.200. The van der Waals surface area contributed by atoms with Crippen molar-refractivity contribution in [2.24, 2.45) is 5.92 Å². The molecule has 2 aliphatic heterocycles. The van der Waals surface area contributed by atoms with Crippen molar-refractivity contribution in [1.29, 1.82) is 0 Å². The van der Waals surface area contributed by atoms with Crippen LogP contribution in [0.1, 0.15) is 52.3 Å². The van der Waals surface area contributed by atoms with Gasteiger partial charge < -0.3 is 15.0 Å². The molecule has 0 aromatic carbocycles. The Kier molecular flexibility index (Phi) is 4.25. The Hall–Kier alpha value is -1.72. The number of rotatable bonds is 2. The molecule has 0 radical (unpaired) electrons. The number of ether oxygens (including phenoxy) is 1. The van der Waals surface area contributed by atoms with Crippen LogP contribution < -0.4 is 5.32 Å². The maximum atomic E-state index is 12.3. The Labute approximate surface area is 138 Å². The highest BCUT2D eigenvalue weighted by Gasteiger charge is 2.38. The highest BCUT2D eigenvalue weighted by atomic mass is 16.6. The van der Waals surface area contributed by atoms with E-state index in [1.165, 1.54) is 0 Å². The Morgan fingerprint density at radius 2 is 2.26 bits per heavy atom. The van der Waals surface area contributed by atoms with E-state index in [0.29, 0.717) is 12.0 Å². The van der Waals surface area contributed by atoms with Gasteiger partial charge in [0.2, 0.25) is 0 Å². The number of anilines is 1. The van der Waals surface area contributed by atoms with Gasteiger partial charge in [-0.2, -0.15) is 5.10 Å². The molecular weight excluding hydrogens is 292 g/mol. The van der Waals surface area contributed by atoms with Crippen molar-refractivity contribution < 1.29 is 9.53 Å². The summed E-state index contributed by atoms with van der Waals surface area (Å²) in [5, 5.41) is 8.24. The molecule has 1 N–H and O–H groups in total. The summed E-state index contributed by atoms with van der Waals surface area (Å²) in [7, 11) is 0. The molecule has 2 aliphatic rings. The first-order valence-corrected chi connectivity index (χ1v) is 8.67. The summed E-state index contributed by atoms with van der Waals surface area (Å²) in [5.41, 5.74) is 0.716. The van der Waals surface area contributed by atoms with Crippen molar-refractivity contribution in [3.05, 3.63) is 11.8 Å². The minimum atomic E-state index is -0.442. The summed E-state index contributed by atoms with van der Waals surface area (Å²) >= 11 is 0. The van der Waals surface area contributed by atoms with Crippen molar-refractivity contribution in [2.45, 2.75) is 58.6 Å². The van der Waals surface area contributed by atoms with Crippen molar-refractivity contribution in [2.75, 3.05) is 25.0 Å². The molecule has 0 saturated carbocycles. The van der Waals surface area contributed by atoms with Gasteiger partial charge in [0.05, 0.1) is 11.7 Å². The lowest BCUT2D eigenvalue weighted by Crippen LogP contribution is -2.49. The number of amides is 1. The highest BCUT2D eigenvalue weighted by Crippen LogP contribution is 2.35. The Balaban J connectivity index is 1.68. The van der Waals surface area contributed by atoms with E-state index in [0.717, 1.165) is 50.4 Å². The van der Waals surface area contributed by atoms with E-state index in [-0.39, 0.29) is 6.09 Å². The first kappa shape index (κ1) is 16.1. The molecule has 6 heteroatoms. The highest BCUT2D eigenvalue weighted by molar-refractivity contribution is 5.68. The fourth-order valence-electron chi connectivity index (χ4n) is 3.48. The second-order valence-corrected chi connectivity index (χ2v) is 7.64. The molecule has 0 bridgehead atoms. The predicted octanol–water partition coefficient (Wildman–Crippen LogP) is 3.06. The van der Waals surface area contributed by atoms with Crippen LogP contribution in [-0.4, -0.2) is 46.0 Å². The van der Waals surface area contributed by atoms with Crippen LogP contribution in [0.4, 0.5) is 10.6 Å². The summed E-state index contributed by atoms with van der Waals surface area (Å²) < 4.78 is 7.65. The molecular formula is C17H28N4O2. The third kappa shape index (κ3) is 3.46. The molecule has 0 aliphatic carbocycles. The van der Waals surface area contributed by atoms with E-state index >= 15 is 0 Å². The maximum absolute atomic E-state index is 12.3. The van der Waals surface area contributed by atoms with Crippen LogP contribution in [0.25, 0.3) is 0 Å². The van der Waals surface area contributed by atoms with Gasteiger partial charge in [-0.1, -0.05) is 13.3 Å². The molecule has 2 unspecified atom stereocenters. The monoisotopic (exact) mass is 320 g/mol. The number of hydrogen-bond donors (Lipinski definition) is 1. The standard InChI is InChI=1S/C17H28N4O2/c1-5-6-13-9-15-18-10-12-11-20(16(22)23-17(2,3)4)8-7-14(12)21(15)19-13/h9,12,14,18H,5-8,10-11H2,1-4H3. The van der Waals surface area contributed by atoms with Crippen LogP contribution >= 0.6 is 0 Å². The van der Waals surface area contributed by atoms with E-state index in [9.17, 15) is 4.79 Å². The van der Waals surface area contributed by atoms with E-state index < -0.39 is 5.60 Å². The Bertz CT molecular complexity index is 576. The quantitative estimate of drug-likeness (QED) is 0.910. The van der Waals surface area contributed by atoms with Gasteiger partial charge in [0, 0.05) is 31.6 Å². The van der Waals surface area contributed by atoms with Gasteiger partial charge in [-0.15, -0.1) is 0 Å². The molecule has 3 heterocycles. The number of likely N-dealkylation sites (tertiary alicyclic amines) is 1. The van der Waals surface area contributed by atoms with Crippen LogP contribution in [0.3, 0.4) is 0 Å². The fraction of sp³-hybridized carbons (Fsp3) is 0.765. The zero-order valence-corrected chi connectivity index (χ0v) is 14.6. The topological polar surface area (TPSA) is 59.4 Å². The van der Waals surface area contributed by atoms with Crippen LogP contribution in [0.2, 0.25) is 0 Å². The number of carbonyl (C=O) groups excluding carboxylic acids is 1. The normalized spacial score (nSPS) is 23.7. The van der Waals surface area contributed by atoms with Crippen LogP contribution in [0.5, 0.6) is 0 Å². The van der Waals surface area contributed by atoms with Gasteiger partial charge in [0.25, 0.3) is 0 Å². The lowest BCUT2D eigenvalue weighted by atomic mass is 9.91. The number of nitrogens with zero attached hydrogens (tertiary/aromatic N) is 3. The molecule has 1 aromatic heterocycles. The average molecular weight is 320 g/mol. The largest absolute Gasteiger partial charge is 0.444 e. The zero-order valence-electron chi connectivity index (χ0n) is 14.6. The van der Waals surface area contributed by atoms with Gasteiger partial charge >= 0.3 is 6.09 Å². The molecule has 1 aromatic rings. The van der Waals surface area contributed by atoms with Gasteiger partial charge in [-0.3, -0.25) is 0 Å². The molecule has 1 saturated heterocycles. The number of nitrogens with one attached hydrogen (secondary N) is 1. The van der Waals surface area contributed by atoms with E-state index in [1.54, 1.807) is 0 Å². The molecule has 3 rings (SSSR count). The molecule has 1 amide bonds. The summed E-state index contributed by atoms with van der Waals surface area (Å²) in [5.74, 6) is 1.51. The summed E-state index contributed by atoms with van der Waals surface area (Å²) in [6.45, 7) is 10.3. The second kappa shape index (κ2) is 6.06. The third-order valence-corrected chi connectivity index (χ3v) is 4.50. The van der Waals surface area contributed by atoms with Gasteiger partial charge in [0.1, 0.15) is 11.4 Å². The fourth-order valence-corrected chi connectivity index (χ4v) is 3.48. The van der Waals surface area contributed by atoms with E-state index in [1.807, 2.05) is 25.7 Å². The van der Waals surface area contributed by atoms with Crippen LogP contribution in [-0.2, 0) is 11.2 Å². The van der Waals surface area contributed by atoms with Gasteiger partial charge in [-0.05, 0) is 33.6 Å². The maximum Gasteiger partial charge on any atom is 0.410 e. The SMILES string of the molecule is CCCc1cc2n(n1)C1CCN(C(=O)OC(C)(C)C)CC1CN2. The number of piperidine rings is 1. The van der Waals surface area contributed by atoms with Crippen molar-refractivity contribution in [3.63, 3.8) is 0 Å². The Morgan fingerprint density at radius 3 is 2.96 bits per heavy atom. The minimum Gasteiger partial charge on any atom is -0.444 e. The smallest absolute Gasteiger partial charge is 0.410 e. The first-order chi connectivity index (χ1) is 10.9. The number of aryl methyl sites for hydroxylation is 1. The zero-order chi connectivity index (χ0) is 16.6. The van der Waals surface area contributed by atoms with Crippen molar-refractivity contribution in [1.82, 2.24) is 14.7 Å². The summed E-state index contributed by atoms with van der Waals surface area (Å²) in [6, 6.07) is 2.55. The number of fused-ring (bicyclic) bond motifs is 3. The predicted molar refractivity (Wildman–Crippen MR) is 89.7 cm³/mol. The molecule has 1 fully saturated rings. The van der Waals surface area contributed by atoms with E-state index in [4.69, 9.17) is 9.84 Å². The molecule has 2 atom stereocenters. The van der Waals surface area contributed by atoms with Crippen molar-refractivity contribution >= 4 is 11.9 Å². The first-order valence-electron chi connectivity index (χ1n) is 8.67. The van der Waals surface area contributed by atoms with Gasteiger partial charge in [-0.25, -0.2) is 9.48 Å². The summed E-state index contributed by atoms with van der Waals surface area (Å²) in [6.07, 6.45) is 2.86. The molecule has 0 spiro atoms. The lowest BCUT2D eigenvalue weighted by molar-refractivity contribution is 0.0107. The second-order valence-electron chi connectivity index (χ2n) is 7.64. The Morgan fingerprint density at radius 1 is 1.48 bits per heavy atom. The van der Waals surface area contributed by atoms with Crippen LogP contribution in [0, 0.1) is 5.92 Å². The molecule has 6 nitrogen and oxygen atoms in total. The number of hydrogen-bond acceptors (Lipinski definition) is 4. The average Bonchev–Trinajstić information content (AvgIpc) is 2.88. The van der Waals surface area contributed by atoms with Crippen molar-refractivity contribution in [3.8, 4) is 0 Å². The lowest BCUT2D eigenvalue weighted by Gasteiger charge is -2.42. The molecule has 23 heavy (non-hydrogen) atoms. The third-order valence-electron chi connectivity index (χ3n) is 4.50. The molecule has 128 valence electrons. The number of aromatic nitrogens is 2. The van der Waals surface area contributed by atoms with Crippen LogP contribution in [0.15, 0.2) is 6.07 Å².